The number of furan rings is 1. The molecule has 0 spiro atoms. The zero-order chi connectivity index (χ0) is 32.7. The molecule has 1 aliphatic carbocycles. The minimum absolute atomic E-state index is 0. The Morgan fingerprint density at radius 2 is 1.59 bits per heavy atom. The van der Waals surface area contributed by atoms with Gasteiger partial charge >= 0.3 is 0 Å². The van der Waals surface area contributed by atoms with Gasteiger partial charge in [0.05, 0.1) is 16.9 Å². The van der Waals surface area contributed by atoms with Gasteiger partial charge < -0.3 is 9.52 Å². The molecule has 2 heterocycles. The maximum absolute atomic E-state index is 11.7. The van der Waals surface area contributed by atoms with Crippen molar-refractivity contribution < 1.29 is 34.4 Å². The molecule has 0 amide bonds. The number of aliphatic hydroxyl groups excluding tert-OH is 1. The number of fused-ring (bicyclic) bond motifs is 3. The Hall–Kier alpha value is -2.92. The second kappa shape index (κ2) is 14.1. The molecular weight excluding hydrogens is 767 g/mol. The van der Waals surface area contributed by atoms with Crippen LogP contribution in [0.1, 0.15) is 78.4 Å². The van der Waals surface area contributed by atoms with Gasteiger partial charge in [-0.05, 0) is 78.6 Å². The number of hydrogen-bond donors (Lipinski definition) is 1. The smallest absolute Gasteiger partial charge is 0.162 e. The Morgan fingerprint density at radius 3 is 2.22 bits per heavy atom. The van der Waals surface area contributed by atoms with Gasteiger partial charge in [-0.2, -0.15) is 0 Å². The number of pyridine rings is 1. The van der Waals surface area contributed by atoms with E-state index in [9.17, 15) is 9.90 Å². The summed E-state index contributed by atoms with van der Waals surface area (Å²) in [6, 6.07) is 22.9. The Morgan fingerprint density at radius 1 is 0.935 bits per heavy atom. The third-order valence-corrected chi connectivity index (χ3v) is 11.2. The molecule has 46 heavy (non-hydrogen) atoms. The molecule has 6 heteroatoms. The molecule has 0 fully saturated rings. The zero-order valence-corrected chi connectivity index (χ0v) is 31.9. The van der Waals surface area contributed by atoms with E-state index < -0.39 is 10.0 Å². The number of rotatable bonds is 8. The van der Waals surface area contributed by atoms with Gasteiger partial charge in [-0.15, -0.1) is 17.7 Å². The third-order valence-electron chi connectivity index (χ3n) is 9.59. The summed E-state index contributed by atoms with van der Waals surface area (Å²) in [5, 5.41) is 13.3. The molecule has 2 aromatic heterocycles. The molecular formula is C40H48IrNO3S-. The first kappa shape index (κ1) is 35.9. The molecule has 1 aliphatic rings. The first-order valence-electron chi connectivity index (χ1n) is 16.3. The normalized spacial score (nSPS) is 14.3. The first-order valence-corrected chi connectivity index (χ1v) is 19.2. The van der Waals surface area contributed by atoms with Crippen LogP contribution >= 0.6 is 10.0 Å². The average molecular weight is 815 g/mol. The van der Waals surface area contributed by atoms with Crippen molar-refractivity contribution >= 4 is 48.7 Å². The molecule has 1 N–H and O–H groups in total. The van der Waals surface area contributed by atoms with Crippen LogP contribution in [0.3, 0.4) is 0 Å². The first-order chi connectivity index (χ1) is 21.4. The van der Waals surface area contributed by atoms with Crippen LogP contribution in [-0.2, 0) is 30.3 Å². The number of para-hydroxylation sites is 1. The molecule has 0 atom stereocenters. The van der Waals surface area contributed by atoms with E-state index in [1.165, 1.54) is 32.9 Å². The van der Waals surface area contributed by atoms with Gasteiger partial charge in [0.1, 0.15) is 5.58 Å². The molecule has 0 aliphatic heterocycles. The number of carbonyl (C=O) groups excluding carboxylic acids is 1. The second-order valence-electron chi connectivity index (χ2n) is 13.5. The van der Waals surface area contributed by atoms with Crippen LogP contribution < -0.4 is 0 Å². The van der Waals surface area contributed by atoms with Gasteiger partial charge in [0.15, 0.2) is 5.78 Å². The summed E-state index contributed by atoms with van der Waals surface area (Å²) in [6.45, 7) is 12.7. The van der Waals surface area contributed by atoms with Crippen LogP contribution in [0, 0.1) is 17.9 Å². The number of hydrogen-bond acceptors (Lipinski definition) is 4. The van der Waals surface area contributed by atoms with Crippen molar-refractivity contribution in [2.24, 2.45) is 11.8 Å². The fourth-order valence-electron chi connectivity index (χ4n) is 6.73. The number of allylic oxidation sites excluding steroid dienone is 2. The summed E-state index contributed by atoms with van der Waals surface area (Å²) in [5.74, 6) is 0.547. The van der Waals surface area contributed by atoms with Crippen LogP contribution in [-0.4, -0.2) is 34.6 Å². The maximum atomic E-state index is 11.7. The Balaban J connectivity index is 0.000000259. The standard InChI is InChI=1S/C27H24NOS.C13H24O2.Ir/c1-27(2)18-13-14-22(30(3,4)5)26-24(18)23-17(10-8-12-21(23)29-26)25-19(27)15-16-9-6-7-11-20(16)28-25;1-5-10(6-2)12(14)9-13(15)11(7-3)8-4;/h6-9,11-15H,1-5H3;9-11,14H,5-8H2,1-4H3;/q-1;;/b;12-9-;. The quantitative estimate of drug-likeness (QED) is 0.0963. The summed E-state index contributed by atoms with van der Waals surface area (Å²) in [5.41, 5.74) is 7.40. The van der Waals surface area contributed by atoms with Crippen LogP contribution in [0.2, 0.25) is 0 Å². The van der Waals surface area contributed by atoms with Gasteiger partial charge in [-0.1, -0.05) is 88.9 Å². The van der Waals surface area contributed by atoms with Crippen LogP contribution in [0.5, 0.6) is 0 Å². The molecule has 0 bridgehead atoms. The van der Waals surface area contributed by atoms with Gasteiger partial charge in [-0.3, -0.25) is 9.78 Å². The fraction of sp³-hybridized carbons (Fsp3) is 0.400. The molecule has 1 radical (unpaired) electrons. The van der Waals surface area contributed by atoms with Crippen molar-refractivity contribution in [3.8, 4) is 11.3 Å². The van der Waals surface area contributed by atoms with Gasteiger partial charge in [-0.25, -0.2) is 10.0 Å². The summed E-state index contributed by atoms with van der Waals surface area (Å²) in [4.78, 5) is 18.2. The van der Waals surface area contributed by atoms with E-state index in [1.54, 1.807) is 0 Å². The number of aliphatic hydroxyl groups is 1. The Kier molecular flexibility index (Phi) is 11.0. The minimum atomic E-state index is -0.950. The minimum Gasteiger partial charge on any atom is -0.512 e. The van der Waals surface area contributed by atoms with Gasteiger partial charge in [0, 0.05) is 48.3 Å². The summed E-state index contributed by atoms with van der Waals surface area (Å²) in [6.07, 6.45) is 11.9. The van der Waals surface area contributed by atoms with Crippen molar-refractivity contribution in [3.63, 3.8) is 0 Å². The third kappa shape index (κ3) is 6.46. The van der Waals surface area contributed by atoms with Crippen molar-refractivity contribution in [2.75, 3.05) is 18.8 Å². The molecule has 4 nitrogen and oxygen atoms in total. The average Bonchev–Trinajstić information content (AvgIpc) is 3.37. The number of benzene rings is 3. The maximum Gasteiger partial charge on any atom is 0.162 e. The van der Waals surface area contributed by atoms with E-state index in [4.69, 9.17) is 9.40 Å². The number of carbonyl (C=O) groups is 1. The molecule has 3 aromatic carbocycles. The van der Waals surface area contributed by atoms with E-state index in [0.717, 1.165) is 59.0 Å². The monoisotopic (exact) mass is 815 g/mol. The fourth-order valence-corrected chi connectivity index (χ4v) is 7.91. The van der Waals surface area contributed by atoms with E-state index in [-0.39, 0.29) is 48.9 Å². The second-order valence-corrected chi connectivity index (χ2v) is 17.7. The summed E-state index contributed by atoms with van der Waals surface area (Å²) < 4.78 is 6.54. The summed E-state index contributed by atoms with van der Waals surface area (Å²) >= 11 is 0. The number of ketones is 1. The molecule has 0 saturated carbocycles. The Labute approximate surface area is 289 Å². The predicted molar refractivity (Wildman–Crippen MR) is 193 cm³/mol. The SMILES string of the molecule is CC1(C)c2cc3ccccc3nc2-c2[c-]ccc3oc4c(S(C)(C)C)ccc1c4c23.CCC(CC)C(=O)/C=C(\O)C(CC)CC.[Ir]. The topological polar surface area (TPSA) is 63.3 Å². The zero-order valence-electron chi connectivity index (χ0n) is 28.7. The molecule has 6 rings (SSSR count). The van der Waals surface area contributed by atoms with Crippen molar-refractivity contribution in [2.45, 2.75) is 77.5 Å². The Bertz CT molecular complexity index is 1910. The number of nitrogens with zero attached hydrogens (tertiary/aromatic N) is 1. The van der Waals surface area contributed by atoms with E-state index in [1.807, 2.05) is 39.8 Å². The molecule has 247 valence electrons. The number of aromatic nitrogens is 1. The van der Waals surface area contributed by atoms with Crippen molar-refractivity contribution in [3.05, 3.63) is 83.6 Å². The molecule has 5 aromatic rings. The largest absolute Gasteiger partial charge is 0.512 e. The van der Waals surface area contributed by atoms with E-state index in [2.05, 4.69) is 81.1 Å². The summed E-state index contributed by atoms with van der Waals surface area (Å²) in [7, 11) is -0.950. The van der Waals surface area contributed by atoms with Crippen LogP contribution in [0.4, 0.5) is 0 Å². The molecule has 0 saturated heterocycles. The van der Waals surface area contributed by atoms with E-state index >= 15 is 0 Å². The van der Waals surface area contributed by atoms with Crippen LogP contribution in [0.25, 0.3) is 44.1 Å². The van der Waals surface area contributed by atoms with Gasteiger partial charge in [0.2, 0.25) is 0 Å². The molecule has 0 unspecified atom stereocenters. The van der Waals surface area contributed by atoms with Crippen LogP contribution in [0.15, 0.2) is 75.7 Å². The van der Waals surface area contributed by atoms with Crippen molar-refractivity contribution in [1.29, 1.82) is 0 Å². The van der Waals surface area contributed by atoms with Crippen molar-refractivity contribution in [1.82, 2.24) is 4.98 Å². The predicted octanol–water partition coefficient (Wildman–Crippen LogP) is 11.2. The van der Waals surface area contributed by atoms with Gasteiger partial charge in [0.25, 0.3) is 0 Å². The van der Waals surface area contributed by atoms with E-state index in [0.29, 0.717) is 0 Å².